The first-order valence-corrected chi connectivity index (χ1v) is 9.73. The standard InChI is InChI=1S/C21H29N3O2.ClH/c1-2-3-4-16-5-7-19(8-6-16)24-15-18(13-20(24)25)21(26)23-14-17-9-11-22-12-10-17;/h5-9,18,22H,2-4,10-15H2,1H3,(H,23,26);1H. The van der Waals surface area contributed by atoms with E-state index in [4.69, 9.17) is 0 Å². The van der Waals surface area contributed by atoms with Crippen molar-refractivity contribution in [2.45, 2.75) is 39.0 Å². The number of nitrogens with one attached hydrogen (secondary N) is 2. The minimum absolute atomic E-state index is 0. The van der Waals surface area contributed by atoms with Crippen LogP contribution in [0.15, 0.2) is 35.9 Å². The summed E-state index contributed by atoms with van der Waals surface area (Å²) in [7, 11) is 0. The molecule has 6 heteroatoms. The monoisotopic (exact) mass is 391 g/mol. The molecule has 2 N–H and O–H groups in total. The third-order valence-corrected chi connectivity index (χ3v) is 5.21. The summed E-state index contributed by atoms with van der Waals surface area (Å²) in [5.41, 5.74) is 3.46. The Hall–Kier alpha value is -1.85. The largest absolute Gasteiger partial charge is 0.352 e. The number of carbonyl (C=O) groups is 2. The summed E-state index contributed by atoms with van der Waals surface area (Å²) in [5, 5.41) is 6.27. The lowest BCUT2D eigenvalue weighted by molar-refractivity contribution is -0.126. The highest BCUT2D eigenvalue weighted by molar-refractivity contribution is 6.00. The lowest BCUT2D eigenvalue weighted by Crippen LogP contribution is -2.35. The van der Waals surface area contributed by atoms with E-state index in [1.165, 1.54) is 24.0 Å². The zero-order valence-corrected chi connectivity index (χ0v) is 16.8. The molecule has 2 amide bonds. The van der Waals surface area contributed by atoms with Crippen molar-refractivity contribution < 1.29 is 9.59 Å². The first-order chi connectivity index (χ1) is 12.7. The Balaban J connectivity index is 0.00000261. The fraction of sp³-hybridized carbons (Fsp3) is 0.524. The molecule has 0 radical (unpaired) electrons. The number of rotatable bonds is 7. The van der Waals surface area contributed by atoms with Gasteiger partial charge in [-0.15, -0.1) is 12.4 Å². The molecule has 2 aliphatic rings. The first kappa shape index (κ1) is 21.5. The number of amides is 2. The van der Waals surface area contributed by atoms with Crippen LogP contribution >= 0.6 is 12.4 Å². The Kier molecular flexibility index (Phi) is 8.32. The molecule has 1 fully saturated rings. The number of hydrogen-bond acceptors (Lipinski definition) is 3. The van der Waals surface area contributed by atoms with Crippen LogP contribution in [0.2, 0.25) is 0 Å². The van der Waals surface area contributed by atoms with Crippen molar-refractivity contribution >= 4 is 29.9 Å². The molecular weight excluding hydrogens is 362 g/mol. The van der Waals surface area contributed by atoms with E-state index < -0.39 is 0 Å². The Morgan fingerprint density at radius 3 is 2.74 bits per heavy atom. The Bertz CT molecular complexity index is 673. The Morgan fingerprint density at radius 1 is 1.30 bits per heavy atom. The van der Waals surface area contributed by atoms with Gasteiger partial charge in [0.05, 0.1) is 5.92 Å². The van der Waals surface area contributed by atoms with Crippen molar-refractivity contribution in [1.29, 1.82) is 0 Å². The summed E-state index contributed by atoms with van der Waals surface area (Å²) in [5.74, 6) is -0.239. The predicted molar refractivity (Wildman–Crippen MR) is 111 cm³/mol. The van der Waals surface area contributed by atoms with Gasteiger partial charge in [0.1, 0.15) is 0 Å². The van der Waals surface area contributed by atoms with E-state index in [2.05, 4.69) is 35.8 Å². The van der Waals surface area contributed by atoms with Gasteiger partial charge in [-0.05, 0) is 43.5 Å². The molecule has 3 rings (SSSR count). The zero-order valence-electron chi connectivity index (χ0n) is 16.0. The molecule has 1 saturated heterocycles. The molecule has 1 aromatic rings. The number of aryl methyl sites for hydroxylation is 1. The Morgan fingerprint density at radius 2 is 2.07 bits per heavy atom. The maximum Gasteiger partial charge on any atom is 0.227 e. The average Bonchev–Trinajstić information content (AvgIpc) is 3.07. The van der Waals surface area contributed by atoms with Crippen LogP contribution in [0.25, 0.3) is 0 Å². The van der Waals surface area contributed by atoms with Crippen LogP contribution in [-0.2, 0) is 16.0 Å². The molecule has 0 aliphatic carbocycles. The van der Waals surface area contributed by atoms with E-state index in [-0.39, 0.29) is 30.1 Å². The lowest BCUT2D eigenvalue weighted by atomic mass is 10.1. The van der Waals surface area contributed by atoms with Crippen molar-refractivity contribution in [2.24, 2.45) is 5.92 Å². The van der Waals surface area contributed by atoms with Crippen LogP contribution in [0.5, 0.6) is 0 Å². The summed E-state index contributed by atoms with van der Waals surface area (Å²) in [6.07, 6.45) is 6.83. The van der Waals surface area contributed by atoms with Gasteiger partial charge < -0.3 is 15.5 Å². The zero-order chi connectivity index (χ0) is 18.4. The third kappa shape index (κ3) is 5.81. The number of unbranched alkanes of at least 4 members (excludes halogenated alkanes) is 1. The van der Waals surface area contributed by atoms with Gasteiger partial charge in [-0.3, -0.25) is 9.59 Å². The number of halogens is 1. The lowest BCUT2D eigenvalue weighted by Gasteiger charge is -2.18. The second kappa shape index (κ2) is 10.5. The van der Waals surface area contributed by atoms with Gasteiger partial charge in [0.2, 0.25) is 11.8 Å². The highest BCUT2D eigenvalue weighted by Gasteiger charge is 2.35. The van der Waals surface area contributed by atoms with Gasteiger partial charge >= 0.3 is 0 Å². The molecule has 148 valence electrons. The number of nitrogens with zero attached hydrogens (tertiary/aromatic N) is 1. The molecule has 0 bridgehead atoms. The maximum atomic E-state index is 12.4. The maximum absolute atomic E-state index is 12.4. The average molecular weight is 392 g/mol. The van der Waals surface area contributed by atoms with E-state index in [0.29, 0.717) is 19.5 Å². The minimum atomic E-state index is -0.260. The molecule has 1 aromatic carbocycles. The molecule has 5 nitrogen and oxygen atoms in total. The highest BCUT2D eigenvalue weighted by Crippen LogP contribution is 2.26. The van der Waals surface area contributed by atoms with E-state index in [9.17, 15) is 9.59 Å². The molecule has 1 unspecified atom stereocenters. The van der Waals surface area contributed by atoms with Gasteiger partial charge in [0, 0.05) is 31.7 Å². The van der Waals surface area contributed by atoms with Crippen molar-refractivity contribution in [2.75, 3.05) is 31.1 Å². The summed E-state index contributed by atoms with van der Waals surface area (Å²) in [4.78, 5) is 26.6. The van der Waals surface area contributed by atoms with Crippen LogP contribution in [0.4, 0.5) is 5.69 Å². The Labute approximate surface area is 168 Å². The second-order valence-corrected chi connectivity index (χ2v) is 7.21. The van der Waals surface area contributed by atoms with E-state index in [1.807, 2.05) is 12.1 Å². The second-order valence-electron chi connectivity index (χ2n) is 7.21. The smallest absolute Gasteiger partial charge is 0.227 e. The van der Waals surface area contributed by atoms with E-state index in [0.717, 1.165) is 31.6 Å². The van der Waals surface area contributed by atoms with Crippen molar-refractivity contribution in [3.8, 4) is 0 Å². The predicted octanol–water partition coefficient (Wildman–Crippen LogP) is 2.84. The van der Waals surface area contributed by atoms with E-state index >= 15 is 0 Å². The summed E-state index contributed by atoms with van der Waals surface area (Å²) in [6, 6.07) is 8.19. The fourth-order valence-electron chi connectivity index (χ4n) is 3.53. The molecule has 0 saturated carbocycles. The molecule has 27 heavy (non-hydrogen) atoms. The summed E-state index contributed by atoms with van der Waals surface area (Å²) >= 11 is 0. The van der Waals surface area contributed by atoms with Crippen LogP contribution in [0.1, 0.15) is 38.2 Å². The molecule has 1 atom stereocenters. The van der Waals surface area contributed by atoms with Crippen LogP contribution < -0.4 is 15.5 Å². The quantitative estimate of drug-likeness (QED) is 0.702. The van der Waals surface area contributed by atoms with Crippen molar-refractivity contribution in [3.05, 3.63) is 41.5 Å². The number of hydrogen-bond donors (Lipinski definition) is 2. The van der Waals surface area contributed by atoms with Gasteiger partial charge in [-0.2, -0.15) is 0 Å². The van der Waals surface area contributed by atoms with Gasteiger partial charge in [-0.25, -0.2) is 0 Å². The molecule has 0 aromatic heterocycles. The van der Waals surface area contributed by atoms with Crippen LogP contribution in [0, 0.1) is 5.92 Å². The summed E-state index contributed by atoms with van der Waals surface area (Å²) in [6.45, 7) is 5.09. The molecular formula is C21H30ClN3O2. The topological polar surface area (TPSA) is 61.4 Å². The molecule has 2 aliphatic heterocycles. The highest BCUT2D eigenvalue weighted by atomic mass is 35.5. The molecule has 0 spiro atoms. The van der Waals surface area contributed by atoms with Gasteiger partial charge in [-0.1, -0.05) is 37.1 Å². The van der Waals surface area contributed by atoms with Crippen LogP contribution in [0.3, 0.4) is 0 Å². The van der Waals surface area contributed by atoms with Crippen molar-refractivity contribution in [1.82, 2.24) is 10.6 Å². The number of anilines is 1. The minimum Gasteiger partial charge on any atom is -0.352 e. The number of carbonyl (C=O) groups excluding carboxylic acids is 2. The SMILES string of the molecule is CCCCc1ccc(N2CC(C(=O)NCC3=CCNCC3)CC2=O)cc1.Cl. The summed E-state index contributed by atoms with van der Waals surface area (Å²) < 4.78 is 0. The van der Waals surface area contributed by atoms with Crippen LogP contribution in [-0.4, -0.2) is 38.0 Å². The normalized spacial score (nSPS) is 19.4. The number of benzene rings is 1. The van der Waals surface area contributed by atoms with Crippen molar-refractivity contribution in [3.63, 3.8) is 0 Å². The van der Waals surface area contributed by atoms with Gasteiger partial charge in [0.25, 0.3) is 0 Å². The van der Waals surface area contributed by atoms with E-state index in [1.54, 1.807) is 4.90 Å². The fourth-order valence-corrected chi connectivity index (χ4v) is 3.53. The first-order valence-electron chi connectivity index (χ1n) is 9.73. The third-order valence-electron chi connectivity index (χ3n) is 5.21. The molecule has 2 heterocycles. The van der Waals surface area contributed by atoms with Gasteiger partial charge in [0.15, 0.2) is 0 Å².